The van der Waals surface area contributed by atoms with Gasteiger partial charge in [0.1, 0.15) is 36.6 Å². The van der Waals surface area contributed by atoms with Crippen LogP contribution in [0.5, 0.6) is 0 Å². The van der Waals surface area contributed by atoms with Crippen molar-refractivity contribution in [1.29, 1.82) is 10.5 Å². The molecule has 3 aromatic carbocycles. The molecule has 0 aromatic heterocycles. The molecule has 0 atom stereocenters. The zero-order valence-electron chi connectivity index (χ0n) is 23.4. The van der Waals surface area contributed by atoms with Crippen LogP contribution in [0.1, 0.15) is 18.1 Å². The Morgan fingerprint density at radius 3 is 1.67 bits per heavy atom. The number of allylic oxidation sites excluding steroid dienone is 2. The predicted molar refractivity (Wildman–Crippen MR) is 155 cm³/mol. The summed E-state index contributed by atoms with van der Waals surface area (Å²) in [4.78, 5) is 28.2. The highest BCUT2D eigenvalue weighted by Gasteiger charge is 2.40. The van der Waals surface area contributed by atoms with Crippen molar-refractivity contribution >= 4 is 22.7 Å². The molecule has 0 bridgehead atoms. The van der Waals surface area contributed by atoms with Gasteiger partial charge in [0.05, 0.1) is 15.4 Å². The largest absolute Gasteiger partial charge is 0.573 e. The normalized spacial score (nSPS) is 13.1. The third kappa shape index (κ3) is 5.06. The minimum atomic E-state index is -5.27. The second kappa shape index (κ2) is 11.4. The molecule has 0 aliphatic heterocycles. The lowest BCUT2D eigenvalue weighted by Gasteiger charge is -2.17. The molecule has 5 rings (SSSR count). The zero-order chi connectivity index (χ0) is 33.5. The van der Waals surface area contributed by atoms with E-state index in [0.717, 1.165) is 12.1 Å². The van der Waals surface area contributed by atoms with E-state index in [1.165, 1.54) is 36.4 Å². The first-order valence-electron chi connectivity index (χ1n) is 13.1. The number of alkyl halides is 3. The number of hydrogen-bond donors (Lipinski definition) is 0. The van der Waals surface area contributed by atoms with Crippen molar-refractivity contribution in [3.63, 3.8) is 0 Å². The van der Waals surface area contributed by atoms with E-state index in [4.69, 9.17) is 13.1 Å². The van der Waals surface area contributed by atoms with Crippen LogP contribution in [0, 0.1) is 56.0 Å². The van der Waals surface area contributed by atoms with E-state index >= 15 is 0 Å². The number of benzene rings is 3. The first-order valence-corrected chi connectivity index (χ1v) is 13.1. The van der Waals surface area contributed by atoms with E-state index in [0.29, 0.717) is 33.1 Å². The summed E-state index contributed by atoms with van der Waals surface area (Å²) in [5.41, 5.74) is 0.787. The number of nitriles is 2. The van der Waals surface area contributed by atoms with Crippen molar-refractivity contribution in [1.82, 2.24) is 0 Å². The highest BCUT2D eigenvalue weighted by atomic mass is 19.4. The summed E-state index contributed by atoms with van der Waals surface area (Å²) in [6, 6.07) is 13.5. The molecule has 0 fully saturated rings. The maximum Gasteiger partial charge on any atom is 0.573 e. The van der Waals surface area contributed by atoms with Crippen molar-refractivity contribution in [2.75, 3.05) is 0 Å². The summed E-state index contributed by atoms with van der Waals surface area (Å²) in [6.07, 6.45) is -5.75. The summed E-state index contributed by atoms with van der Waals surface area (Å²) in [6.45, 7) is 16.8. The summed E-state index contributed by atoms with van der Waals surface area (Å²) < 4.78 is 46.6. The van der Waals surface area contributed by atoms with E-state index in [1.807, 2.05) is 0 Å². The number of hydrogen-bond acceptors (Lipinski definition) is 7. The Kier molecular flexibility index (Phi) is 7.59. The average Bonchev–Trinajstić information content (AvgIpc) is 3.54. The average molecular weight is 621 g/mol. The van der Waals surface area contributed by atoms with Crippen molar-refractivity contribution in [3.8, 4) is 34.4 Å². The first kappa shape index (κ1) is 30.7. The molecule has 46 heavy (non-hydrogen) atoms. The number of fused-ring (bicyclic) bond motifs is 2. The second-order valence-electron chi connectivity index (χ2n) is 10.0. The molecule has 2 aliphatic rings. The molecule has 0 saturated heterocycles. The molecule has 0 amide bonds. The molecular formula is C32H15F3N6O5. The Morgan fingerprint density at radius 2 is 1.26 bits per heavy atom. The fraction of sp³-hybridized carbons (Fsp3) is 0.125. The highest BCUT2D eigenvalue weighted by molar-refractivity contribution is 5.91. The molecule has 0 spiro atoms. The van der Waals surface area contributed by atoms with Crippen LogP contribution >= 0.6 is 0 Å². The Hall–Kier alpha value is -6.77. The van der Waals surface area contributed by atoms with E-state index < -0.39 is 27.5 Å². The third-order valence-corrected chi connectivity index (χ3v) is 7.70. The van der Waals surface area contributed by atoms with Gasteiger partial charge in [-0.2, -0.15) is 20.2 Å². The molecular weight excluding hydrogens is 605 g/mol. The lowest BCUT2D eigenvalue weighted by Crippen LogP contribution is -2.26. The molecule has 2 aliphatic carbocycles. The number of nitro groups is 2. The van der Waals surface area contributed by atoms with Gasteiger partial charge in [0.2, 0.25) is 0 Å². The van der Waals surface area contributed by atoms with Crippen molar-refractivity contribution in [2.24, 2.45) is 0 Å². The number of nitrogens with zero attached hydrogens (tertiary/aromatic N) is 6. The number of non-ortho nitro benzene ring substituents is 2. The Labute approximate surface area is 257 Å². The minimum absolute atomic E-state index is 0.0947. The standard InChI is InChI=1S/C32H15F3N6O5/c1-16-22(31(38-2)39-3)12-24-26(16)27(17-4-8-20(9-5-17)40(42)43)25-13-23(19(14-36)15-37)30(46-32(33,34)35)29(25)28(24)18-6-10-21(11-7-18)41(44)45/h4-11H,12-13H2,1H3. The Balaban J connectivity index is 2.09. The van der Waals surface area contributed by atoms with Crippen molar-refractivity contribution in [2.45, 2.75) is 26.1 Å². The smallest absolute Gasteiger partial charge is 0.405 e. The van der Waals surface area contributed by atoms with Crippen LogP contribution in [0.2, 0.25) is 0 Å². The molecule has 0 radical (unpaired) electrons. The van der Waals surface area contributed by atoms with Gasteiger partial charge in [-0.15, -0.1) is 13.2 Å². The van der Waals surface area contributed by atoms with Gasteiger partial charge in [-0.25, -0.2) is 0 Å². The zero-order valence-corrected chi connectivity index (χ0v) is 23.4. The van der Waals surface area contributed by atoms with Crippen molar-refractivity contribution in [3.05, 3.63) is 136 Å². The lowest BCUT2D eigenvalue weighted by molar-refractivity contribution is -0.385. The number of ether oxygens (including phenoxy) is 1. The maximum absolute atomic E-state index is 14.0. The molecule has 0 heterocycles. The molecule has 14 heteroatoms. The molecule has 0 unspecified atom stereocenters. The molecule has 0 N–H and O–H groups in total. The van der Waals surface area contributed by atoms with E-state index in [-0.39, 0.29) is 57.5 Å². The van der Waals surface area contributed by atoms with Gasteiger partial charge in [0.15, 0.2) is 0 Å². The fourth-order valence-electron chi connectivity index (χ4n) is 5.87. The minimum Gasteiger partial charge on any atom is -0.405 e. The predicted octanol–water partition coefficient (Wildman–Crippen LogP) is 6.16. The van der Waals surface area contributed by atoms with Crippen LogP contribution in [0.25, 0.3) is 43.3 Å². The quantitative estimate of drug-likeness (QED) is 0.143. The summed E-state index contributed by atoms with van der Waals surface area (Å²) in [5.74, 6) is -1.09. The maximum atomic E-state index is 14.0. The lowest BCUT2D eigenvalue weighted by atomic mass is 9.87. The number of nitro benzene ring substituents is 2. The van der Waals surface area contributed by atoms with Gasteiger partial charge in [0.25, 0.3) is 11.4 Å². The molecule has 224 valence electrons. The van der Waals surface area contributed by atoms with Crippen LogP contribution in [0.4, 0.5) is 24.5 Å². The van der Waals surface area contributed by atoms with Gasteiger partial charge in [-0.3, -0.25) is 20.2 Å². The van der Waals surface area contributed by atoms with Gasteiger partial charge in [-0.1, -0.05) is 0 Å². The SMILES string of the molecule is [C-]#[N+]C([N+]#[C-])=C1Cc2c(-c3ccc([N+](=O)[O-])cc3)c3c(c(-c4ccc([N+](=O)[O-])cc4)c2=C1C)CC(=C(C#N)C#N)C=3OC(F)(F)F. The van der Waals surface area contributed by atoms with Crippen LogP contribution < -0.4 is 10.4 Å². The highest BCUT2D eigenvalue weighted by Crippen LogP contribution is 2.41. The van der Waals surface area contributed by atoms with E-state index in [9.17, 15) is 43.9 Å². The van der Waals surface area contributed by atoms with Crippen LogP contribution in [-0.4, -0.2) is 16.2 Å². The van der Waals surface area contributed by atoms with Gasteiger partial charge in [0, 0.05) is 41.5 Å². The number of halogens is 3. The fourth-order valence-corrected chi connectivity index (χ4v) is 5.87. The van der Waals surface area contributed by atoms with E-state index in [1.54, 1.807) is 19.1 Å². The summed E-state index contributed by atoms with van der Waals surface area (Å²) >= 11 is 0. The van der Waals surface area contributed by atoms with Crippen molar-refractivity contribution < 1.29 is 27.8 Å². The Bertz CT molecular complexity index is 2230. The monoisotopic (exact) mass is 620 g/mol. The van der Waals surface area contributed by atoms with Gasteiger partial charge >= 0.3 is 12.2 Å². The first-order chi connectivity index (χ1) is 21.8. The van der Waals surface area contributed by atoms with Crippen LogP contribution in [0.15, 0.2) is 71.1 Å². The van der Waals surface area contributed by atoms with Gasteiger partial charge < -0.3 is 4.74 Å². The van der Waals surface area contributed by atoms with Crippen LogP contribution in [0.3, 0.4) is 0 Å². The second-order valence-corrected chi connectivity index (χ2v) is 10.0. The van der Waals surface area contributed by atoms with Gasteiger partial charge in [-0.05, 0) is 81.8 Å². The molecule has 3 aromatic rings. The summed E-state index contributed by atoms with van der Waals surface area (Å²) in [5, 5.41) is 42.5. The van der Waals surface area contributed by atoms with E-state index in [2.05, 4.69) is 14.4 Å². The topological polar surface area (TPSA) is 152 Å². The summed E-state index contributed by atoms with van der Waals surface area (Å²) in [7, 11) is 0. The third-order valence-electron chi connectivity index (χ3n) is 7.70. The number of rotatable bonds is 5. The molecule has 11 nitrogen and oxygen atoms in total. The van der Waals surface area contributed by atoms with Crippen LogP contribution in [-0.2, 0) is 17.6 Å². The Morgan fingerprint density at radius 1 is 0.826 bits per heavy atom. The molecule has 0 saturated carbocycles.